The largest absolute Gasteiger partial charge is 0.506 e. The summed E-state index contributed by atoms with van der Waals surface area (Å²) in [4.78, 5) is 39.5. The van der Waals surface area contributed by atoms with E-state index in [1.165, 1.54) is 0 Å². The fourth-order valence-electron chi connectivity index (χ4n) is 7.13. The maximum atomic E-state index is 9.94. The molecule has 0 aliphatic rings. The Hall–Kier alpha value is -9.81. The number of benzene rings is 3. The molecule has 3 aromatic carbocycles. The van der Waals surface area contributed by atoms with Crippen molar-refractivity contribution in [3.8, 4) is 74.2 Å². The van der Waals surface area contributed by atoms with E-state index in [1.54, 1.807) is 67.4 Å². The van der Waals surface area contributed by atoms with Gasteiger partial charge in [-0.05, 0) is 109 Å². The molecule has 0 aliphatic carbocycles. The van der Waals surface area contributed by atoms with Crippen molar-refractivity contribution in [3.05, 3.63) is 231 Å². The lowest BCUT2D eigenvalue weighted by atomic mass is 10.1. The zero-order valence-corrected chi connectivity index (χ0v) is 36.8. The third kappa shape index (κ3) is 11.0. The average molecular weight is 900 g/mol. The van der Waals surface area contributed by atoms with Crippen LogP contribution in [0.2, 0.25) is 0 Å². The molecule has 0 radical (unpaired) electrons. The van der Waals surface area contributed by atoms with E-state index < -0.39 is 0 Å². The molecule has 12 nitrogen and oxygen atoms in total. The van der Waals surface area contributed by atoms with E-state index in [4.69, 9.17) is 9.97 Å². The van der Waals surface area contributed by atoms with Gasteiger partial charge in [0.25, 0.3) is 0 Å². The summed E-state index contributed by atoms with van der Waals surface area (Å²) in [6, 6.07) is 62.2. The van der Waals surface area contributed by atoms with Gasteiger partial charge in [-0.1, -0.05) is 91.0 Å². The first-order valence-electron chi connectivity index (χ1n) is 21.8. The number of nitrogens with zero attached hydrogens (tertiary/aromatic N) is 9. The molecule has 0 aliphatic heterocycles. The minimum atomic E-state index is 0.142. The van der Waals surface area contributed by atoms with Gasteiger partial charge in [-0.3, -0.25) is 24.9 Å². The number of hydrogen-bond donors (Lipinski definition) is 3. The van der Waals surface area contributed by atoms with Crippen LogP contribution in [0.3, 0.4) is 0 Å². The highest BCUT2D eigenvalue weighted by Gasteiger charge is 2.10. The molecule has 3 N–H and O–H groups in total. The second-order valence-corrected chi connectivity index (χ2v) is 15.1. The Labute approximate surface area is 396 Å². The monoisotopic (exact) mass is 899 g/mol. The van der Waals surface area contributed by atoms with Crippen LogP contribution in [0, 0.1) is 0 Å². The standard InChI is InChI=1S/C20H14N4.C18H12N2O2.C10H8N2.C9H7NO/c1-3-13-21-15(7-1)17-9-5-11-19(23-17)20-12-6-10-18(24-20)16-8-2-4-14-22-16;21-15-5-1-3-11-7-9-13(19-17(11)15)14-10-8-12-4-2-6-16(22)18(12)20-14;1-3-7-11-9(5-1)10-6-2-4-8-12-10;11-8-5-1-3-7-4-2-6-10-9(7)8/h1-14H;1-10,21-22H;1-8H;1-6,11H. The number of aromatic hydroxyl groups is 3. The van der Waals surface area contributed by atoms with E-state index >= 15 is 0 Å². The lowest BCUT2D eigenvalue weighted by Crippen LogP contribution is -1.93. The van der Waals surface area contributed by atoms with E-state index in [2.05, 4.69) is 34.9 Å². The van der Waals surface area contributed by atoms with Crippen LogP contribution in [-0.2, 0) is 0 Å². The number of rotatable bonds is 5. The van der Waals surface area contributed by atoms with E-state index in [9.17, 15) is 15.3 Å². The quantitative estimate of drug-likeness (QED) is 0.149. The summed E-state index contributed by atoms with van der Waals surface area (Å²) in [6.45, 7) is 0. The molecule has 0 fully saturated rings. The van der Waals surface area contributed by atoms with Gasteiger partial charge in [0.05, 0.1) is 56.9 Å². The van der Waals surface area contributed by atoms with Gasteiger partial charge < -0.3 is 15.3 Å². The topological polar surface area (TPSA) is 177 Å². The summed E-state index contributed by atoms with van der Waals surface area (Å²) in [6.07, 6.45) is 8.74. The van der Waals surface area contributed by atoms with Gasteiger partial charge >= 0.3 is 0 Å². The molecule has 12 aromatic rings. The Morgan fingerprint density at radius 3 is 0.870 bits per heavy atom. The van der Waals surface area contributed by atoms with Crippen molar-refractivity contribution in [2.24, 2.45) is 0 Å². The molecule has 9 aromatic heterocycles. The Balaban J connectivity index is 0.000000121. The highest BCUT2D eigenvalue weighted by molar-refractivity contribution is 5.89. The summed E-state index contributed by atoms with van der Waals surface area (Å²) < 4.78 is 0. The number of phenols is 3. The van der Waals surface area contributed by atoms with Gasteiger partial charge in [-0.15, -0.1) is 0 Å². The van der Waals surface area contributed by atoms with Gasteiger partial charge in [-0.2, -0.15) is 0 Å². The molecule has 12 heteroatoms. The molecule has 9 heterocycles. The number of aromatic nitrogens is 9. The van der Waals surface area contributed by atoms with Gasteiger partial charge in [0.1, 0.15) is 33.8 Å². The minimum Gasteiger partial charge on any atom is -0.506 e. The number of phenolic OH excluding ortho intramolecular Hbond substituents is 3. The van der Waals surface area contributed by atoms with Crippen LogP contribution in [-0.4, -0.2) is 60.2 Å². The zero-order chi connectivity index (χ0) is 47.2. The van der Waals surface area contributed by atoms with Crippen LogP contribution in [0.5, 0.6) is 17.2 Å². The Kier molecular flexibility index (Phi) is 13.8. The summed E-state index contributed by atoms with van der Waals surface area (Å²) in [7, 11) is 0. The molecule has 0 bridgehead atoms. The smallest absolute Gasteiger partial charge is 0.141 e. The zero-order valence-electron chi connectivity index (χ0n) is 36.8. The molecule has 0 spiro atoms. The van der Waals surface area contributed by atoms with Crippen LogP contribution in [0.15, 0.2) is 231 Å². The number of fused-ring (bicyclic) bond motifs is 3. The fourth-order valence-corrected chi connectivity index (χ4v) is 7.13. The van der Waals surface area contributed by atoms with Gasteiger partial charge in [0.15, 0.2) is 0 Å². The second kappa shape index (κ2) is 21.5. The first-order chi connectivity index (χ1) is 34.0. The highest BCUT2D eigenvalue weighted by Crippen LogP contribution is 2.29. The van der Waals surface area contributed by atoms with E-state index in [-0.39, 0.29) is 17.2 Å². The molecule has 0 saturated heterocycles. The number of para-hydroxylation sites is 3. The van der Waals surface area contributed by atoms with Gasteiger partial charge in [-0.25, -0.2) is 19.9 Å². The Morgan fingerprint density at radius 2 is 0.493 bits per heavy atom. The van der Waals surface area contributed by atoms with Crippen LogP contribution in [0.4, 0.5) is 0 Å². The van der Waals surface area contributed by atoms with Crippen molar-refractivity contribution >= 4 is 32.7 Å². The van der Waals surface area contributed by atoms with E-state index in [0.717, 1.165) is 61.7 Å². The first kappa shape index (κ1) is 44.4. The van der Waals surface area contributed by atoms with E-state index in [0.29, 0.717) is 27.9 Å². The summed E-state index contributed by atoms with van der Waals surface area (Å²) in [5.74, 6) is 0.522. The van der Waals surface area contributed by atoms with Crippen molar-refractivity contribution in [2.75, 3.05) is 0 Å². The summed E-state index contributed by atoms with van der Waals surface area (Å²) in [5.41, 5.74) is 9.87. The lowest BCUT2D eigenvalue weighted by molar-refractivity contribution is 0.479. The van der Waals surface area contributed by atoms with Gasteiger partial charge in [0.2, 0.25) is 0 Å². The molecule has 0 saturated carbocycles. The lowest BCUT2D eigenvalue weighted by Gasteiger charge is -2.06. The molecule has 12 rings (SSSR count). The molecule has 69 heavy (non-hydrogen) atoms. The van der Waals surface area contributed by atoms with Gasteiger partial charge in [0, 0.05) is 47.1 Å². The van der Waals surface area contributed by atoms with Crippen LogP contribution < -0.4 is 0 Å². The summed E-state index contributed by atoms with van der Waals surface area (Å²) in [5, 5.41) is 31.9. The maximum Gasteiger partial charge on any atom is 0.141 e. The first-order valence-corrected chi connectivity index (χ1v) is 21.8. The predicted octanol–water partition coefficient (Wildman–Crippen LogP) is 12.2. The van der Waals surface area contributed by atoms with Crippen molar-refractivity contribution < 1.29 is 15.3 Å². The molecular formula is C57H41N9O3. The SMILES string of the molecule is Oc1cccc2ccc(-c3ccc4cccc(O)c4n3)nc12.Oc1cccc2cccnc12.c1ccc(-c2cccc(-c3cccc(-c4ccccn4)n3)n2)nc1.c1ccc(-c2ccccn2)nc1. The van der Waals surface area contributed by atoms with Crippen LogP contribution >= 0.6 is 0 Å². The van der Waals surface area contributed by atoms with Crippen molar-refractivity contribution in [3.63, 3.8) is 0 Å². The molecule has 332 valence electrons. The van der Waals surface area contributed by atoms with E-state index in [1.807, 2.05) is 164 Å². The minimum absolute atomic E-state index is 0.142. The van der Waals surface area contributed by atoms with Crippen molar-refractivity contribution in [1.82, 2.24) is 44.9 Å². The molecule has 0 unspecified atom stereocenters. The maximum absolute atomic E-state index is 9.94. The number of hydrogen-bond acceptors (Lipinski definition) is 12. The van der Waals surface area contributed by atoms with Crippen molar-refractivity contribution in [2.45, 2.75) is 0 Å². The third-order valence-corrected chi connectivity index (χ3v) is 10.5. The Bertz CT molecular complexity index is 3400. The third-order valence-electron chi connectivity index (χ3n) is 10.5. The second-order valence-electron chi connectivity index (χ2n) is 15.1. The molecular weight excluding hydrogens is 859 g/mol. The number of pyridine rings is 9. The molecule has 0 atom stereocenters. The average Bonchev–Trinajstić information content (AvgIpc) is 3.43. The normalized spacial score (nSPS) is 10.5. The highest BCUT2D eigenvalue weighted by atomic mass is 16.3. The van der Waals surface area contributed by atoms with Crippen LogP contribution in [0.1, 0.15) is 0 Å². The summed E-state index contributed by atoms with van der Waals surface area (Å²) >= 11 is 0. The fraction of sp³-hybridized carbons (Fsp3) is 0. The molecule has 0 amide bonds. The predicted molar refractivity (Wildman–Crippen MR) is 271 cm³/mol. The van der Waals surface area contributed by atoms with Crippen LogP contribution in [0.25, 0.3) is 89.6 Å². The van der Waals surface area contributed by atoms with Crippen molar-refractivity contribution in [1.29, 1.82) is 0 Å². The Morgan fingerprint density at radius 1 is 0.203 bits per heavy atom.